The summed E-state index contributed by atoms with van der Waals surface area (Å²) in [7, 11) is 0. The van der Waals surface area contributed by atoms with Gasteiger partial charge in [0.2, 0.25) is 5.91 Å². The predicted octanol–water partition coefficient (Wildman–Crippen LogP) is 3.66. The van der Waals surface area contributed by atoms with E-state index in [1.54, 1.807) is 24.0 Å². The van der Waals surface area contributed by atoms with Crippen LogP contribution in [0.2, 0.25) is 0 Å². The van der Waals surface area contributed by atoms with Gasteiger partial charge in [0.25, 0.3) is 11.8 Å². The highest BCUT2D eigenvalue weighted by Gasteiger charge is 2.28. The maximum atomic E-state index is 13.0. The number of amides is 3. The monoisotopic (exact) mass is 453 g/mol. The molecule has 2 aromatic rings. The Labute approximate surface area is 194 Å². The molecular formula is C26H32FN3O3. The first-order valence-corrected chi connectivity index (χ1v) is 11.3. The summed E-state index contributed by atoms with van der Waals surface area (Å²) in [4.78, 5) is 39.4. The lowest BCUT2D eigenvalue weighted by molar-refractivity contribution is -0.133. The van der Waals surface area contributed by atoms with Crippen LogP contribution in [0.5, 0.6) is 0 Å². The van der Waals surface area contributed by atoms with Gasteiger partial charge in [0.1, 0.15) is 11.9 Å². The standard InChI is InChI=1S/C26H32FN3O3/c1-17(28-23(31)18-5-9-20(10-6-18)26(2,3)4)25(33)30-15-13-22(14-16-30)29-24(32)19-7-11-21(27)12-8-19/h5-12,17,22H,13-16H2,1-4H3,(H,28,31)(H,29,32). The molecule has 1 aliphatic heterocycles. The van der Waals surface area contributed by atoms with Crippen LogP contribution in [0.1, 0.15) is 66.8 Å². The van der Waals surface area contributed by atoms with Crippen molar-refractivity contribution in [3.8, 4) is 0 Å². The third-order valence-corrected chi connectivity index (χ3v) is 5.98. The fourth-order valence-electron chi connectivity index (χ4n) is 3.85. The van der Waals surface area contributed by atoms with E-state index >= 15 is 0 Å². The summed E-state index contributed by atoms with van der Waals surface area (Å²) in [5, 5.41) is 5.73. The molecule has 33 heavy (non-hydrogen) atoms. The van der Waals surface area contributed by atoms with Crippen LogP contribution < -0.4 is 10.6 Å². The minimum Gasteiger partial charge on any atom is -0.349 e. The lowest BCUT2D eigenvalue weighted by Gasteiger charge is -2.34. The maximum Gasteiger partial charge on any atom is 0.251 e. The average molecular weight is 454 g/mol. The highest BCUT2D eigenvalue weighted by molar-refractivity contribution is 5.97. The molecule has 2 aromatic carbocycles. The van der Waals surface area contributed by atoms with E-state index in [0.29, 0.717) is 37.1 Å². The van der Waals surface area contributed by atoms with Crippen molar-refractivity contribution in [2.24, 2.45) is 0 Å². The van der Waals surface area contributed by atoms with E-state index in [-0.39, 0.29) is 35.0 Å². The SMILES string of the molecule is CC(NC(=O)c1ccc(C(C)(C)C)cc1)C(=O)N1CCC(NC(=O)c2ccc(F)cc2)CC1. The fraction of sp³-hybridized carbons (Fsp3) is 0.423. The molecule has 1 fully saturated rings. The second-order valence-electron chi connectivity index (χ2n) is 9.60. The van der Waals surface area contributed by atoms with Crippen LogP contribution in [-0.4, -0.2) is 47.8 Å². The van der Waals surface area contributed by atoms with E-state index in [1.165, 1.54) is 24.3 Å². The Balaban J connectivity index is 1.48. The van der Waals surface area contributed by atoms with Crippen molar-refractivity contribution in [1.29, 1.82) is 0 Å². The van der Waals surface area contributed by atoms with Gasteiger partial charge >= 0.3 is 0 Å². The number of carbonyl (C=O) groups is 3. The number of nitrogens with zero attached hydrogens (tertiary/aromatic N) is 1. The molecule has 0 aliphatic carbocycles. The number of piperidine rings is 1. The first kappa shape index (κ1) is 24.4. The molecule has 6 nitrogen and oxygen atoms in total. The second-order valence-corrected chi connectivity index (χ2v) is 9.60. The van der Waals surface area contributed by atoms with Gasteiger partial charge in [0.15, 0.2) is 0 Å². The first-order chi connectivity index (χ1) is 15.5. The molecule has 0 radical (unpaired) electrons. The van der Waals surface area contributed by atoms with E-state index in [9.17, 15) is 18.8 Å². The zero-order valence-corrected chi connectivity index (χ0v) is 19.7. The summed E-state index contributed by atoms with van der Waals surface area (Å²) >= 11 is 0. The van der Waals surface area contributed by atoms with Crippen LogP contribution in [0.15, 0.2) is 48.5 Å². The zero-order valence-electron chi connectivity index (χ0n) is 19.7. The second kappa shape index (κ2) is 10.1. The molecule has 2 N–H and O–H groups in total. The van der Waals surface area contributed by atoms with Crippen LogP contribution in [0, 0.1) is 5.82 Å². The number of hydrogen-bond acceptors (Lipinski definition) is 3. The maximum absolute atomic E-state index is 13.0. The van der Waals surface area contributed by atoms with Crippen LogP contribution in [0.25, 0.3) is 0 Å². The Morgan fingerprint density at radius 1 is 0.909 bits per heavy atom. The van der Waals surface area contributed by atoms with Gasteiger partial charge in [-0.3, -0.25) is 14.4 Å². The summed E-state index contributed by atoms with van der Waals surface area (Å²) < 4.78 is 13.0. The van der Waals surface area contributed by atoms with Gasteiger partial charge in [-0.15, -0.1) is 0 Å². The Hall–Kier alpha value is -3.22. The van der Waals surface area contributed by atoms with Crippen molar-refractivity contribution in [2.45, 2.75) is 58.0 Å². The summed E-state index contributed by atoms with van der Waals surface area (Å²) in [5.74, 6) is -1.06. The van der Waals surface area contributed by atoms with Crippen molar-refractivity contribution in [3.05, 3.63) is 71.0 Å². The quantitative estimate of drug-likeness (QED) is 0.725. The topological polar surface area (TPSA) is 78.5 Å². The van der Waals surface area contributed by atoms with E-state index in [1.807, 2.05) is 12.1 Å². The normalized spacial score (nSPS) is 15.6. The molecule has 0 aromatic heterocycles. The lowest BCUT2D eigenvalue weighted by atomic mass is 9.86. The first-order valence-electron chi connectivity index (χ1n) is 11.3. The number of nitrogens with one attached hydrogen (secondary N) is 2. The van der Waals surface area contributed by atoms with Crippen molar-refractivity contribution < 1.29 is 18.8 Å². The molecule has 0 spiro atoms. The highest BCUT2D eigenvalue weighted by atomic mass is 19.1. The molecule has 0 saturated carbocycles. The summed E-state index contributed by atoms with van der Waals surface area (Å²) in [6, 6.07) is 12.1. The van der Waals surface area contributed by atoms with E-state index < -0.39 is 6.04 Å². The predicted molar refractivity (Wildman–Crippen MR) is 126 cm³/mol. The third-order valence-electron chi connectivity index (χ3n) is 5.98. The molecule has 0 bridgehead atoms. The van der Waals surface area contributed by atoms with Crippen molar-refractivity contribution in [1.82, 2.24) is 15.5 Å². The molecule has 3 amide bonds. The number of likely N-dealkylation sites (tertiary alicyclic amines) is 1. The molecule has 3 rings (SSSR count). The molecule has 7 heteroatoms. The number of carbonyl (C=O) groups excluding carboxylic acids is 3. The minimum atomic E-state index is -0.648. The van der Waals surface area contributed by atoms with Gasteiger partial charge in [-0.05, 0) is 67.1 Å². The molecule has 1 atom stereocenters. The Morgan fingerprint density at radius 3 is 1.97 bits per heavy atom. The average Bonchev–Trinajstić information content (AvgIpc) is 2.79. The molecule has 1 aliphatic rings. The van der Waals surface area contributed by atoms with E-state index in [2.05, 4.69) is 31.4 Å². The van der Waals surface area contributed by atoms with Gasteiger partial charge in [0.05, 0.1) is 0 Å². The van der Waals surface area contributed by atoms with E-state index in [0.717, 1.165) is 5.56 Å². The van der Waals surface area contributed by atoms with Gasteiger partial charge < -0.3 is 15.5 Å². The van der Waals surface area contributed by atoms with Gasteiger partial charge in [0, 0.05) is 30.3 Å². The highest BCUT2D eigenvalue weighted by Crippen LogP contribution is 2.22. The Bertz CT molecular complexity index is 989. The van der Waals surface area contributed by atoms with Crippen LogP contribution in [0.3, 0.4) is 0 Å². The van der Waals surface area contributed by atoms with Gasteiger partial charge in [-0.25, -0.2) is 4.39 Å². The number of hydrogen-bond donors (Lipinski definition) is 2. The number of benzene rings is 2. The molecule has 1 heterocycles. The van der Waals surface area contributed by atoms with Gasteiger partial charge in [-0.2, -0.15) is 0 Å². The Morgan fingerprint density at radius 2 is 1.42 bits per heavy atom. The smallest absolute Gasteiger partial charge is 0.251 e. The molecular weight excluding hydrogens is 421 g/mol. The minimum absolute atomic E-state index is 0.00285. The van der Waals surface area contributed by atoms with Crippen molar-refractivity contribution in [3.63, 3.8) is 0 Å². The Kier molecular flexibility index (Phi) is 7.51. The zero-order chi connectivity index (χ0) is 24.2. The van der Waals surface area contributed by atoms with Crippen LogP contribution >= 0.6 is 0 Å². The molecule has 1 saturated heterocycles. The van der Waals surface area contributed by atoms with Crippen molar-refractivity contribution in [2.75, 3.05) is 13.1 Å². The summed E-state index contributed by atoms with van der Waals surface area (Å²) in [6.07, 6.45) is 1.24. The van der Waals surface area contributed by atoms with Crippen LogP contribution in [0.4, 0.5) is 4.39 Å². The van der Waals surface area contributed by atoms with Crippen molar-refractivity contribution >= 4 is 17.7 Å². The summed E-state index contributed by atoms with van der Waals surface area (Å²) in [5.41, 5.74) is 2.06. The van der Waals surface area contributed by atoms with Crippen LogP contribution in [-0.2, 0) is 10.2 Å². The third kappa shape index (κ3) is 6.40. The largest absolute Gasteiger partial charge is 0.349 e. The summed E-state index contributed by atoms with van der Waals surface area (Å²) in [6.45, 7) is 9.01. The number of halogens is 1. The lowest BCUT2D eigenvalue weighted by Crippen LogP contribution is -2.52. The molecule has 1 unspecified atom stereocenters. The number of rotatable bonds is 5. The molecule has 176 valence electrons. The van der Waals surface area contributed by atoms with Gasteiger partial charge in [-0.1, -0.05) is 32.9 Å². The fourth-order valence-corrected chi connectivity index (χ4v) is 3.85. The van der Waals surface area contributed by atoms with E-state index in [4.69, 9.17) is 0 Å².